The highest BCUT2D eigenvalue weighted by Crippen LogP contribution is 2.56. The molecule has 0 aromatic rings. The maximum absolute atomic E-state index is 12.7. The van der Waals surface area contributed by atoms with E-state index in [-0.39, 0.29) is 6.10 Å². The van der Waals surface area contributed by atoms with E-state index in [2.05, 4.69) is 5.32 Å². The first kappa shape index (κ1) is 14.0. The molecule has 0 unspecified atom stereocenters. The minimum atomic E-state index is -0.0959. The molecule has 0 saturated heterocycles. The third-order valence-corrected chi connectivity index (χ3v) is 6.91. The van der Waals surface area contributed by atoms with Gasteiger partial charge in [-0.05, 0) is 87.4 Å². The fraction of sp³-hybridized carbons (Fsp3) is 0.944. The fourth-order valence-corrected chi connectivity index (χ4v) is 6.07. The average molecular weight is 291 g/mol. The lowest BCUT2D eigenvalue weighted by molar-refractivity contribution is -0.138. The van der Waals surface area contributed by atoms with Crippen LogP contribution < -0.4 is 5.32 Å². The maximum Gasteiger partial charge on any atom is 0.223 e. The lowest BCUT2D eigenvalue weighted by Gasteiger charge is -2.53. The van der Waals surface area contributed by atoms with Gasteiger partial charge in [0.2, 0.25) is 5.91 Å². The van der Waals surface area contributed by atoms with Crippen LogP contribution in [-0.4, -0.2) is 23.7 Å². The number of amides is 1. The Kier molecular flexibility index (Phi) is 3.72. The number of hydrogen-bond acceptors (Lipinski definition) is 2. The standard InChI is InChI=1S/C18H29NO2/c20-16-3-1-11(2-4-16)10-19-18(21)17-14-6-12-5-13(8-14)9-15(17)7-12/h11-17,20H,1-10H2,(H,19,21). The summed E-state index contributed by atoms with van der Waals surface area (Å²) >= 11 is 0. The monoisotopic (exact) mass is 291 g/mol. The van der Waals surface area contributed by atoms with Crippen molar-refractivity contribution < 1.29 is 9.90 Å². The van der Waals surface area contributed by atoms with Gasteiger partial charge in [-0.1, -0.05) is 0 Å². The van der Waals surface area contributed by atoms with Crippen molar-refractivity contribution in [1.82, 2.24) is 5.32 Å². The normalized spacial score (nSPS) is 48.3. The van der Waals surface area contributed by atoms with Gasteiger partial charge in [0.15, 0.2) is 0 Å². The molecule has 5 aliphatic rings. The summed E-state index contributed by atoms with van der Waals surface area (Å²) in [6, 6.07) is 0. The van der Waals surface area contributed by atoms with E-state index in [0.717, 1.165) is 44.1 Å². The first-order valence-corrected chi connectivity index (χ1v) is 9.14. The van der Waals surface area contributed by atoms with Crippen molar-refractivity contribution in [3.8, 4) is 0 Å². The molecule has 0 aromatic heterocycles. The maximum atomic E-state index is 12.7. The first-order chi connectivity index (χ1) is 10.2. The van der Waals surface area contributed by atoms with Gasteiger partial charge in [-0.2, -0.15) is 0 Å². The minimum absolute atomic E-state index is 0.0959. The molecule has 21 heavy (non-hydrogen) atoms. The third kappa shape index (κ3) is 2.74. The Balaban J connectivity index is 1.31. The Morgan fingerprint density at radius 2 is 1.48 bits per heavy atom. The average Bonchev–Trinajstić information content (AvgIpc) is 2.45. The smallest absolute Gasteiger partial charge is 0.223 e. The Labute approximate surface area is 127 Å². The molecule has 0 aliphatic heterocycles. The second kappa shape index (κ2) is 5.57. The van der Waals surface area contributed by atoms with Gasteiger partial charge in [0.1, 0.15) is 0 Å². The predicted octanol–water partition coefficient (Wildman–Crippen LogP) is 2.73. The summed E-state index contributed by atoms with van der Waals surface area (Å²) in [5.41, 5.74) is 0. The first-order valence-electron chi connectivity index (χ1n) is 9.14. The third-order valence-electron chi connectivity index (χ3n) is 6.91. The summed E-state index contributed by atoms with van der Waals surface area (Å²) in [6.07, 6.45) is 10.6. The van der Waals surface area contributed by atoms with Crippen molar-refractivity contribution in [2.75, 3.05) is 6.54 Å². The molecule has 1 amide bonds. The van der Waals surface area contributed by atoms with Crippen LogP contribution in [-0.2, 0) is 4.79 Å². The number of hydrogen-bond donors (Lipinski definition) is 2. The van der Waals surface area contributed by atoms with Crippen LogP contribution in [0.25, 0.3) is 0 Å². The molecule has 118 valence electrons. The number of aliphatic hydroxyl groups is 1. The number of rotatable bonds is 3. The molecule has 5 saturated carbocycles. The largest absolute Gasteiger partial charge is 0.393 e. The van der Waals surface area contributed by atoms with Gasteiger partial charge in [0, 0.05) is 12.5 Å². The molecule has 3 nitrogen and oxygen atoms in total. The molecule has 2 N–H and O–H groups in total. The summed E-state index contributed by atoms with van der Waals surface area (Å²) in [5, 5.41) is 12.8. The molecule has 0 atom stereocenters. The van der Waals surface area contributed by atoms with Gasteiger partial charge in [-0.25, -0.2) is 0 Å². The Bertz CT molecular complexity index is 372. The molecular formula is C18H29NO2. The lowest BCUT2D eigenvalue weighted by atomic mass is 9.51. The van der Waals surface area contributed by atoms with Crippen molar-refractivity contribution >= 4 is 5.91 Å². The molecule has 4 bridgehead atoms. The molecule has 0 heterocycles. The molecule has 0 spiro atoms. The molecule has 5 rings (SSSR count). The summed E-state index contributed by atoms with van der Waals surface area (Å²) in [5.74, 6) is 4.53. The number of aliphatic hydroxyl groups excluding tert-OH is 1. The Morgan fingerprint density at radius 1 is 0.905 bits per heavy atom. The van der Waals surface area contributed by atoms with Gasteiger partial charge >= 0.3 is 0 Å². The molecule has 3 heteroatoms. The van der Waals surface area contributed by atoms with Gasteiger partial charge in [-0.15, -0.1) is 0 Å². The fourth-order valence-electron chi connectivity index (χ4n) is 6.07. The van der Waals surface area contributed by atoms with Crippen LogP contribution >= 0.6 is 0 Å². The highest BCUT2D eigenvalue weighted by molar-refractivity contribution is 5.79. The van der Waals surface area contributed by atoms with Gasteiger partial charge in [0.05, 0.1) is 6.10 Å². The van der Waals surface area contributed by atoms with E-state index >= 15 is 0 Å². The van der Waals surface area contributed by atoms with Crippen LogP contribution in [0.15, 0.2) is 0 Å². The highest BCUT2D eigenvalue weighted by atomic mass is 16.3. The Morgan fingerprint density at radius 3 is 2.05 bits per heavy atom. The van der Waals surface area contributed by atoms with Crippen molar-refractivity contribution in [1.29, 1.82) is 0 Å². The van der Waals surface area contributed by atoms with E-state index in [0.29, 0.717) is 29.6 Å². The summed E-state index contributed by atoms with van der Waals surface area (Å²) in [4.78, 5) is 12.7. The van der Waals surface area contributed by atoms with Crippen LogP contribution in [0, 0.1) is 35.5 Å². The summed E-state index contributed by atoms with van der Waals surface area (Å²) < 4.78 is 0. The topological polar surface area (TPSA) is 49.3 Å². The van der Waals surface area contributed by atoms with Gasteiger partial charge in [-0.3, -0.25) is 4.79 Å². The van der Waals surface area contributed by atoms with E-state index in [4.69, 9.17) is 0 Å². The molecular weight excluding hydrogens is 262 g/mol. The zero-order valence-electron chi connectivity index (χ0n) is 13.0. The van der Waals surface area contributed by atoms with Crippen molar-refractivity contribution in [2.24, 2.45) is 35.5 Å². The van der Waals surface area contributed by atoms with Crippen LogP contribution in [0.3, 0.4) is 0 Å². The Hall–Kier alpha value is -0.570. The summed E-state index contributed by atoms with van der Waals surface area (Å²) in [7, 11) is 0. The second-order valence-electron chi connectivity index (χ2n) is 8.38. The van der Waals surface area contributed by atoms with Crippen molar-refractivity contribution in [3.05, 3.63) is 0 Å². The highest BCUT2D eigenvalue weighted by Gasteiger charge is 2.50. The van der Waals surface area contributed by atoms with E-state index < -0.39 is 0 Å². The molecule has 0 radical (unpaired) electrons. The van der Waals surface area contributed by atoms with Gasteiger partial charge < -0.3 is 10.4 Å². The predicted molar refractivity (Wildman–Crippen MR) is 81.5 cm³/mol. The molecule has 5 aliphatic carbocycles. The van der Waals surface area contributed by atoms with E-state index in [1.165, 1.54) is 32.1 Å². The zero-order valence-corrected chi connectivity index (χ0v) is 13.0. The SMILES string of the molecule is O=C(NCC1CCC(O)CC1)C1C2CC3CC(C2)CC1C3. The number of carbonyl (C=O) groups excluding carboxylic acids is 1. The lowest BCUT2D eigenvalue weighted by Crippen LogP contribution is -2.51. The van der Waals surface area contributed by atoms with E-state index in [1.54, 1.807) is 0 Å². The quantitative estimate of drug-likeness (QED) is 0.840. The van der Waals surface area contributed by atoms with Crippen LogP contribution in [0.4, 0.5) is 0 Å². The second-order valence-corrected chi connectivity index (χ2v) is 8.38. The summed E-state index contributed by atoms with van der Waals surface area (Å²) in [6.45, 7) is 0.842. The number of carbonyl (C=O) groups is 1. The van der Waals surface area contributed by atoms with Crippen molar-refractivity contribution in [3.63, 3.8) is 0 Å². The van der Waals surface area contributed by atoms with Crippen molar-refractivity contribution in [2.45, 2.75) is 63.9 Å². The minimum Gasteiger partial charge on any atom is -0.393 e. The van der Waals surface area contributed by atoms with Crippen LogP contribution in [0.1, 0.15) is 57.8 Å². The van der Waals surface area contributed by atoms with Gasteiger partial charge in [0.25, 0.3) is 0 Å². The molecule has 0 aromatic carbocycles. The van der Waals surface area contributed by atoms with E-state index in [1.807, 2.05) is 0 Å². The zero-order chi connectivity index (χ0) is 14.4. The van der Waals surface area contributed by atoms with Crippen LogP contribution in [0.5, 0.6) is 0 Å². The van der Waals surface area contributed by atoms with E-state index in [9.17, 15) is 9.90 Å². The number of nitrogens with one attached hydrogen (secondary N) is 1. The molecule has 5 fully saturated rings. The van der Waals surface area contributed by atoms with Crippen LogP contribution in [0.2, 0.25) is 0 Å².